The fraction of sp³-hybridized carbons (Fsp3) is 0.524. The smallest absolute Gasteiger partial charge is 0.250 e. The van der Waals surface area contributed by atoms with Crippen LogP contribution in [0.25, 0.3) is 0 Å². The number of aromatic nitrogens is 3. The number of nitrogens with one attached hydrogen (secondary N) is 1. The van der Waals surface area contributed by atoms with Crippen LogP contribution in [0.5, 0.6) is 11.5 Å². The Hall–Kier alpha value is -3.10. The van der Waals surface area contributed by atoms with E-state index in [2.05, 4.69) is 30.3 Å². The standard InChI is InChI=1S/C21H27N7O2/c1-3-9-27(10-4-1)20-23-19(24-21(25-20)28-11-5-2-6-12-28)26-22-14-16-7-8-17-18(13-16)30-15-29-17/h7-8,13-14H,1-6,9-12,15H2,(H,23,24,25,26)/b22-14-. The van der Waals surface area contributed by atoms with Gasteiger partial charge in [0.2, 0.25) is 24.6 Å². The van der Waals surface area contributed by atoms with Gasteiger partial charge in [-0.05, 0) is 62.3 Å². The van der Waals surface area contributed by atoms with Crippen LogP contribution in [0, 0.1) is 0 Å². The normalized spacial score (nSPS) is 18.8. The van der Waals surface area contributed by atoms with Crippen LogP contribution < -0.4 is 24.7 Å². The summed E-state index contributed by atoms with van der Waals surface area (Å²) in [7, 11) is 0. The average molecular weight is 409 g/mol. The Morgan fingerprint density at radius 3 is 2.10 bits per heavy atom. The summed E-state index contributed by atoms with van der Waals surface area (Å²) in [6.45, 7) is 4.22. The van der Waals surface area contributed by atoms with Crippen molar-refractivity contribution in [2.75, 3.05) is 48.2 Å². The monoisotopic (exact) mass is 409 g/mol. The molecule has 1 aromatic carbocycles. The van der Waals surface area contributed by atoms with E-state index in [1.54, 1.807) is 6.21 Å². The number of hydrazone groups is 1. The molecule has 0 bridgehead atoms. The van der Waals surface area contributed by atoms with Gasteiger partial charge in [0.05, 0.1) is 6.21 Å². The Morgan fingerprint density at radius 1 is 0.800 bits per heavy atom. The van der Waals surface area contributed by atoms with Crippen LogP contribution in [-0.2, 0) is 0 Å². The molecule has 2 saturated heterocycles. The summed E-state index contributed by atoms with van der Waals surface area (Å²) in [4.78, 5) is 18.6. The molecule has 0 unspecified atom stereocenters. The first-order valence-electron chi connectivity index (χ1n) is 10.8. The van der Waals surface area contributed by atoms with E-state index < -0.39 is 0 Å². The summed E-state index contributed by atoms with van der Waals surface area (Å²) < 4.78 is 10.8. The van der Waals surface area contributed by atoms with E-state index in [0.29, 0.717) is 5.95 Å². The van der Waals surface area contributed by atoms with E-state index >= 15 is 0 Å². The fourth-order valence-corrected chi connectivity index (χ4v) is 4.03. The highest BCUT2D eigenvalue weighted by molar-refractivity contribution is 5.81. The Kier molecular flexibility index (Phi) is 5.50. The molecule has 2 aromatic rings. The quantitative estimate of drug-likeness (QED) is 0.596. The topological polar surface area (TPSA) is 88.0 Å². The van der Waals surface area contributed by atoms with E-state index in [4.69, 9.17) is 14.5 Å². The summed E-state index contributed by atoms with van der Waals surface area (Å²) in [5, 5.41) is 4.35. The number of ether oxygens (including phenoxy) is 2. The van der Waals surface area contributed by atoms with Gasteiger partial charge in [-0.25, -0.2) is 5.43 Å². The third kappa shape index (κ3) is 4.24. The van der Waals surface area contributed by atoms with Crippen LogP contribution in [0.4, 0.5) is 17.8 Å². The molecule has 3 aliphatic rings. The van der Waals surface area contributed by atoms with Gasteiger partial charge in [-0.15, -0.1) is 0 Å². The highest BCUT2D eigenvalue weighted by Gasteiger charge is 2.20. The summed E-state index contributed by atoms with van der Waals surface area (Å²) in [6, 6.07) is 5.72. The zero-order valence-corrected chi connectivity index (χ0v) is 17.1. The molecule has 30 heavy (non-hydrogen) atoms. The SMILES string of the molecule is C(=N/Nc1nc(N2CCCCC2)nc(N2CCCCC2)n1)/c1ccc2c(c1)OCO2. The minimum Gasteiger partial charge on any atom is -0.454 e. The Labute approximate surface area is 176 Å². The zero-order valence-electron chi connectivity index (χ0n) is 17.1. The largest absolute Gasteiger partial charge is 0.454 e. The Balaban J connectivity index is 1.35. The van der Waals surface area contributed by atoms with Gasteiger partial charge in [0.1, 0.15) is 0 Å². The zero-order chi connectivity index (χ0) is 20.2. The molecule has 5 rings (SSSR count). The molecule has 9 nitrogen and oxygen atoms in total. The molecule has 9 heteroatoms. The van der Waals surface area contributed by atoms with Gasteiger partial charge < -0.3 is 19.3 Å². The van der Waals surface area contributed by atoms with E-state index in [1.807, 2.05) is 18.2 Å². The fourth-order valence-electron chi connectivity index (χ4n) is 4.03. The van der Waals surface area contributed by atoms with Gasteiger partial charge in [-0.2, -0.15) is 20.1 Å². The molecular formula is C21H27N7O2. The number of nitrogens with zero attached hydrogens (tertiary/aromatic N) is 6. The van der Waals surface area contributed by atoms with Crippen molar-refractivity contribution in [3.05, 3.63) is 23.8 Å². The predicted octanol–water partition coefficient (Wildman–Crippen LogP) is 3.03. The second-order valence-electron chi connectivity index (χ2n) is 7.84. The van der Waals surface area contributed by atoms with Crippen molar-refractivity contribution in [1.29, 1.82) is 0 Å². The van der Waals surface area contributed by atoms with Crippen LogP contribution in [0.2, 0.25) is 0 Å². The molecule has 3 aliphatic heterocycles. The molecule has 1 aromatic heterocycles. The number of anilines is 3. The molecule has 0 atom stereocenters. The molecule has 0 radical (unpaired) electrons. The second kappa shape index (κ2) is 8.73. The minimum atomic E-state index is 0.261. The number of rotatable bonds is 5. The van der Waals surface area contributed by atoms with Crippen LogP contribution in [-0.4, -0.2) is 54.1 Å². The van der Waals surface area contributed by atoms with Gasteiger partial charge >= 0.3 is 0 Å². The van der Waals surface area contributed by atoms with Crippen molar-refractivity contribution >= 4 is 24.1 Å². The molecule has 0 spiro atoms. The first-order chi connectivity index (χ1) is 14.8. The number of benzene rings is 1. The lowest BCUT2D eigenvalue weighted by atomic mass is 10.1. The van der Waals surface area contributed by atoms with E-state index in [9.17, 15) is 0 Å². The third-order valence-corrected chi connectivity index (χ3v) is 5.66. The number of hydrogen-bond acceptors (Lipinski definition) is 9. The van der Waals surface area contributed by atoms with Crippen molar-refractivity contribution in [3.63, 3.8) is 0 Å². The van der Waals surface area contributed by atoms with Crippen molar-refractivity contribution in [1.82, 2.24) is 15.0 Å². The summed E-state index contributed by atoms with van der Waals surface area (Å²) in [5.74, 6) is 3.45. The maximum Gasteiger partial charge on any atom is 0.250 e. The van der Waals surface area contributed by atoms with Crippen LogP contribution in [0.15, 0.2) is 23.3 Å². The van der Waals surface area contributed by atoms with Crippen molar-refractivity contribution in [2.45, 2.75) is 38.5 Å². The Morgan fingerprint density at radius 2 is 1.43 bits per heavy atom. The molecule has 158 valence electrons. The molecule has 2 fully saturated rings. The lowest BCUT2D eigenvalue weighted by molar-refractivity contribution is 0.174. The van der Waals surface area contributed by atoms with Gasteiger partial charge in [0, 0.05) is 26.2 Å². The maximum absolute atomic E-state index is 5.42. The lowest BCUT2D eigenvalue weighted by Crippen LogP contribution is -2.34. The number of piperidine rings is 2. The molecule has 0 amide bonds. The summed E-state index contributed by atoms with van der Waals surface area (Å²) in [5.41, 5.74) is 3.91. The van der Waals surface area contributed by atoms with Crippen LogP contribution in [0.3, 0.4) is 0 Å². The first kappa shape index (κ1) is 18.9. The van der Waals surface area contributed by atoms with Gasteiger partial charge in [0.25, 0.3) is 0 Å². The lowest BCUT2D eigenvalue weighted by Gasteiger charge is -2.30. The average Bonchev–Trinajstić information content (AvgIpc) is 3.28. The molecule has 4 heterocycles. The maximum atomic E-state index is 5.42. The van der Waals surface area contributed by atoms with Gasteiger partial charge in [-0.1, -0.05) is 0 Å². The van der Waals surface area contributed by atoms with Gasteiger partial charge in [-0.3, -0.25) is 0 Å². The summed E-state index contributed by atoms with van der Waals surface area (Å²) in [6.07, 6.45) is 8.97. The molecule has 1 N–H and O–H groups in total. The number of fused-ring (bicyclic) bond motifs is 1. The van der Waals surface area contributed by atoms with Crippen molar-refractivity contribution in [2.24, 2.45) is 5.10 Å². The van der Waals surface area contributed by atoms with Gasteiger partial charge in [0.15, 0.2) is 11.5 Å². The van der Waals surface area contributed by atoms with E-state index in [0.717, 1.165) is 55.1 Å². The highest BCUT2D eigenvalue weighted by Crippen LogP contribution is 2.32. The molecule has 0 aliphatic carbocycles. The predicted molar refractivity (Wildman–Crippen MR) is 116 cm³/mol. The molecular weight excluding hydrogens is 382 g/mol. The number of hydrogen-bond donors (Lipinski definition) is 1. The van der Waals surface area contributed by atoms with Crippen LogP contribution in [0.1, 0.15) is 44.1 Å². The highest BCUT2D eigenvalue weighted by atomic mass is 16.7. The first-order valence-corrected chi connectivity index (χ1v) is 10.8. The minimum absolute atomic E-state index is 0.261. The third-order valence-electron chi connectivity index (χ3n) is 5.66. The Bertz CT molecular complexity index is 872. The van der Waals surface area contributed by atoms with Crippen molar-refractivity contribution < 1.29 is 9.47 Å². The van der Waals surface area contributed by atoms with Crippen LogP contribution >= 0.6 is 0 Å². The van der Waals surface area contributed by atoms with E-state index in [-0.39, 0.29) is 6.79 Å². The molecule has 0 saturated carbocycles. The van der Waals surface area contributed by atoms with E-state index in [1.165, 1.54) is 38.5 Å². The summed E-state index contributed by atoms with van der Waals surface area (Å²) >= 11 is 0. The van der Waals surface area contributed by atoms with Crippen molar-refractivity contribution in [3.8, 4) is 11.5 Å². The second-order valence-corrected chi connectivity index (χ2v) is 7.84.